The Morgan fingerprint density at radius 3 is 2.70 bits per heavy atom. The number of hydrogen-bond acceptors (Lipinski definition) is 5. The minimum absolute atomic E-state index is 0.119. The zero-order valence-electron chi connectivity index (χ0n) is 12.8. The molecule has 0 fully saturated rings. The van der Waals surface area contributed by atoms with Gasteiger partial charge in [-0.1, -0.05) is 5.16 Å². The third-order valence-corrected chi connectivity index (χ3v) is 3.52. The molecular formula is C16H16N4O3. The predicted molar refractivity (Wildman–Crippen MR) is 83.4 cm³/mol. The van der Waals surface area contributed by atoms with E-state index in [1.165, 1.54) is 12.1 Å². The predicted octanol–water partition coefficient (Wildman–Crippen LogP) is 2.49. The fourth-order valence-electron chi connectivity index (χ4n) is 2.22. The quantitative estimate of drug-likeness (QED) is 0.772. The molecule has 2 aromatic heterocycles. The number of aromatic hydroxyl groups is 1. The lowest BCUT2D eigenvalue weighted by Gasteiger charge is -2.03. The van der Waals surface area contributed by atoms with Crippen LogP contribution < -0.4 is 5.32 Å². The number of carbonyl (C=O) groups excluding carboxylic acids is 1. The van der Waals surface area contributed by atoms with E-state index in [0.717, 1.165) is 17.0 Å². The molecule has 0 bridgehead atoms. The van der Waals surface area contributed by atoms with Gasteiger partial charge < -0.3 is 14.9 Å². The van der Waals surface area contributed by atoms with Crippen molar-refractivity contribution in [1.82, 2.24) is 14.9 Å². The van der Waals surface area contributed by atoms with Crippen molar-refractivity contribution < 1.29 is 14.4 Å². The second-order valence-corrected chi connectivity index (χ2v) is 5.23. The molecule has 1 amide bonds. The summed E-state index contributed by atoms with van der Waals surface area (Å²) in [5.41, 5.74) is 2.85. The number of phenols is 1. The fraction of sp³-hybridized carbons (Fsp3) is 0.188. The summed E-state index contributed by atoms with van der Waals surface area (Å²) in [5.74, 6) is 0.614. The maximum atomic E-state index is 12.1. The number of aromatic nitrogens is 3. The Balaban J connectivity index is 1.70. The SMILES string of the molecule is Cc1noc(C)c1Cn1cc(NC(=O)c2ccc(O)cc2)cn1. The van der Waals surface area contributed by atoms with Gasteiger partial charge in [0.2, 0.25) is 0 Å². The van der Waals surface area contributed by atoms with Crippen molar-refractivity contribution in [3.05, 3.63) is 59.2 Å². The van der Waals surface area contributed by atoms with E-state index < -0.39 is 0 Å². The molecule has 3 aromatic rings. The first-order chi connectivity index (χ1) is 11.0. The Bertz CT molecular complexity index is 814. The van der Waals surface area contributed by atoms with Crippen molar-refractivity contribution in [2.24, 2.45) is 0 Å². The number of anilines is 1. The molecule has 23 heavy (non-hydrogen) atoms. The highest BCUT2D eigenvalue weighted by Crippen LogP contribution is 2.16. The van der Waals surface area contributed by atoms with Gasteiger partial charge in [-0.3, -0.25) is 9.48 Å². The zero-order valence-corrected chi connectivity index (χ0v) is 12.8. The lowest BCUT2D eigenvalue weighted by Crippen LogP contribution is -2.11. The average Bonchev–Trinajstić information content (AvgIpc) is 3.09. The van der Waals surface area contributed by atoms with Crippen LogP contribution in [0.4, 0.5) is 5.69 Å². The average molecular weight is 312 g/mol. The highest BCUT2D eigenvalue weighted by atomic mass is 16.5. The van der Waals surface area contributed by atoms with Crippen LogP contribution in [0, 0.1) is 13.8 Å². The van der Waals surface area contributed by atoms with Crippen LogP contribution in [0.1, 0.15) is 27.4 Å². The second kappa shape index (κ2) is 5.96. The molecule has 0 spiro atoms. The lowest BCUT2D eigenvalue weighted by molar-refractivity contribution is 0.102. The minimum Gasteiger partial charge on any atom is -0.508 e. The molecule has 0 unspecified atom stereocenters. The molecule has 1 aromatic carbocycles. The summed E-state index contributed by atoms with van der Waals surface area (Å²) in [6.45, 7) is 4.26. The Morgan fingerprint density at radius 2 is 2.04 bits per heavy atom. The zero-order chi connectivity index (χ0) is 16.4. The first-order valence-corrected chi connectivity index (χ1v) is 7.07. The summed E-state index contributed by atoms with van der Waals surface area (Å²) in [6, 6.07) is 6.05. The van der Waals surface area contributed by atoms with E-state index in [1.54, 1.807) is 29.2 Å². The van der Waals surface area contributed by atoms with Crippen molar-refractivity contribution in [3.63, 3.8) is 0 Å². The van der Waals surface area contributed by atoms with Crippen LogP contribution in [0.2, 0.25) is 0 Å². The summed E-state index contributed by atoms with van der Waals surface area (Å²) in [5, 5.41) is 20.1. The topological polar surface area (TPSA) is 93.2 Å². The van der Waals surface area contributed by atoms with Gasteiger partial charge in [0, 0.05) is 17.3 Å². The number of hydrogen-bond donors (Lipinski definition) is 2. The van der Waals surface area contributed by atoms with E-state index in [9.17, 15) is 9.90 Å². The number of carbonyl (C=O) groups is 1. The number of aryl methyl sites for hydroxylation is 2. The number of benzene rings is 1. The largest absolute Gasteiger partial charge is 0.508 e. The number of rotatable bonds is 4. The third kappa shape index (κ3) is 3.23. The van der Waals surface area contributed by atoms with Crippen LogP contribution in [-0.4, -0.2) is 26.0 Å². The molecule has 0 radical (unpaired) electrons. The standard InChI is InChI=1S/C16H16N4O3/c1-10-15(11(2)23-19-10)9-20-8-13(7-17-20)18-16(22)12-3-5-14(21)6-4-12/h3-8,21H,9H2,1-2H3,(H,18,22). The van der Waals surface area contributed by atoms with Crippen molar-refractivity contribution >= 4 is 11.6 Å². The van der Waals surface area contributed by atoms with Gasteiger partial charge in [0.1, 0.15) is 11.5 Å². The summed E-state index contributed by atoms with van der Waals surface area (Å²) >= 11 is 0. The highest BCUT2D eigenvalue weighted by Gasteiger charge is 2.11. The number of phenolic OH excluding ortho intramolecular Hbond substituents is 1. The maximum Gasteiger partial charge on any atom is 0.255 e. The fourth-order valence-corrected chi connectivity index (χ4v) is 2.22. The first kappa shape index (κ1) is 14.8. The van der Waals surface area contributed by atoms with Gasteiger partial charge in [0.05, 0.1) is 24.1 Å². The van der Waals surface area contributed by atoms with Crippen LogP contribution in [0.3, 0.4) is 0 Å². The van der Waals surface area contributed by atoms with Gasteiger partial charge in [0.15, 0.2) is 0 Å². The van der Waals surface area contributed by atoms with E-state index in [-0.39, 0.29) is 11.7 Å². The normalized spacial score (nSPS) is 10.7. The Hall–Kier alpha value is -3.09. The van der Waals surface area contributed by atoms with Crippen LogP contribution in [-0.2, 0) is 6.54 Å². The van der Waals surface area contributed by atoms with Crippen molar-refractivity contribution in [1.29, 1.82) is 0 Å². The monoisotopic (exact) mass is 312 g/mol. The molecule has 118 valence electrons. The van der Waals surface area contributed by atoms with Crippen LogP contribution in [0.25, 0.3) is 0 Å². The molecule has 2 N–H and O–H groups in total. The summed E-state index contributed by atoms with van der Waals surface area (Å²) in [7, 11) is 0. The van der Waals surface area contributed by atoms with E-state index >= 15 is 0 Å². The van der Waals surface area contributed by atoms with Gasteiger partial charge in [0.25, 0.3) is 5.91 Å². The van der Waals surface area contributed by atoms with E-state index in [2.05, 4.69) is 15.6 Å². The van der Waals surface area contributed by atoms with Gasteiger partial charge in [-0.2, -0.15) is 5.10 Å². The summed E-state index contributed by atoms with van der Waals surface area (Å²) in [6.07, 6.45) is 3.32. The molecule has 0 aliphatic heterocycles. The summed E-state index contributed by atoms with van der Waals surface area (Å²) < 4.78 is 6.83. The van der Waals surface area contributed by atoms with Gasteiger partial charge in [-0.15, -0.1) is 0 Å². The van der Waals surface area contributed by atoms with E-state index in [4.69, 9.17) is 4.52 Å². The first-order valence-electron chi connectivity index (χ1n) is 7.07. The van der Waals surface area contributed by atoms with Gasteiger partial charge in [-0.05, 0) is 38.1 Å². The molecular weight excluding hydrogens is 296 g/mol. The van der Waals surface area contributed by atoms with E-state index in [1.807, 2.05) is 13.8 Å². The number of nitrogens with zero attached hydrogens (tertiary/aromatic N) is 3. The molecule has 0 saturated heterocycles. The van der Waals surface area contributed by atoms with Crippen LogP contribution >= 0.6 is 0 Å². The number of amides is 1. The molecule has 7 nitrogen and oxygen atoms in total. The molecule has 0 aliphatic carbocycles. The Kier molecular flexibility index (Phi) is 3.84. The second-order valence-electron chi connectivity index (χ2n) is 5.23. The molecule has 7 heteroatoms. The Labute approximate surface area is 132 Å². The van der Waals surface area contributed by atoms with Gasteiger partial charge >= 0.3 is 0 Å². The molecule has 3 rings (SSSR count). The van der Waals surface area contributed by atoms with Crippen molar-refractivity contribution in [2.75, 3.05) is 5.32 Å². The van der Waals surface area contributed by atoms with Gasteiger partial charge in [-0.25, -0.2) is 0 Å². The smallest absolute Gasteiger partial charge is 0.255 e. The van der Waals surface area contributed by atoms with Crippen LogP contribution in [0.15, 0.2) is 41.2 Å². The van der Waals surface area contributed by atoms with Crippen LogP contribution in [0.5, 0.6) is 5.75 Å². The number of nitrogens with one attached hydrogen (secondary N) is 1. The molecule has 0 saturated carbocycles. The van der Waals surface area contributed by atoms with Crippen molar-refractivity contribution in [3.8, 4) is 5.75 Å². The highest BCUT2D eigenvalue weighted by molar-refractivity contribution is 6.04. The van der Waals surface area contributed by atoms with E-state index in [0.29, 0.717) is 17.8 Å². The molecule has 0 aliphatic rings. The third-order valence-electron chi connectivity index (χ3n) is 3.52. The lowest BCUT2D eigenvalue weighted by atomic mass is 10.2. The summed E-state index contributed by atoms with van der Waals surface area (Å²) in [4.78, 5) is 12.1. The maximum absolute atomic E-state index is 12.1. The molecule has 2 heterocycles. The minimum atomic E-state index is -0.262. The van der Waals surface area contributed by atoms with Crippen molar-refractivity contribution in [2.45, 2.75) is 20.4 Å². The Morgan fingerprint density at radius 1 is 1.30 bits per heavy atom. The molecule has 0 atom stereocenters.